The summed E-state index contributed by atoms with van der Waals surface area (Å²) in [5.41, 5.74) is 0.708. The molecule has 1 aromatic carbocycles. The van der Waals surface area contributed by atoms with Crippen LogP contribution in [0.5, 0.6) is 5.75 Å². The van der Waals surface area contributed by atoms with Crippen molar-refractivity contribution in [2.75, 3.05) is 7.05 Å². The summed E-state index contributed by atoms with van der Waals surface area (Å²) in [6.45, 7) is 2.04. The van der Waals surface area contributed by atoms with Crippen molar-refractivity contribution in [2.45, 2.75) is 25.5 Å². The van der Waals surface area contributed by atoms with Crippen LogP contribution in [0.4, 0.5) is 4.39 Å². The Hall–Kier alpha value is -1.09. The van der Waals surface area contributed by atoms with E-state index in [1.807, 2.05) is 20.0 Å². The van der Waals surface area contributed by atoms with Crippen molar-refractivity contribution in [3.63, 3.8) is 0 Å². The molecule has 76 valence electrons. The Balaban J connectivity index is 2.22. The zero-order chi connectivity index (χ0) is 10.1. The zero-order valence-electron chi connectivity index (χ0n) is 8.38. The van der Waals surface area contributed by atoms with Gasteiger partial charge >= 0.3 is 0 Å². The Kier molecular flexibility index (Phi) is 2.42. The molecule has 0 fully saturated rings. The lowest BCUT2D eigenvalue weighted by molar-refractivity contribution is 0.191. The maximum absolute atomic E-state index is 13.3. The van der Waals surface area contributed by atoms with Gasteiger partial charge in [0.05, 0.1) is 0 Å². The molecule has 0 saturated heterocycles. The largest absolute Gasteiger partial charge is 0.488 e. The molecule has 1 heterocycles. The Labute approximate surface area is 83.1 Å². The molecule has 1 aliphatic rings. The second kappa shape index (κ2) is 3.58. The van der Waals surface area contributed by atoms with E-state index in [0.717, 1.165) is 0 Å². The summed E-state index contributed by atoms with van der Waals surface area (Å²) in [6.07, 6.45) is 0.705. The first-order valence-electron chi connectivity index (χ1n) is 4.83. The molecule has 14 heavy (non-hydrogen) atoms. The molecule has 2 rings (SSSR count). The molecular formula is C11H14FNO. The van der Waals surface area contributed by atoms with Crippen LogP contribution in [-0.4, -0.2) is 19.2 Å². The van der Waals surface area contributed by atoms with Crippen molar-refractivity contribution in [1.82, 2.24) is 5.32 Å². The van der Waals surface area contributed by atoms with Gasteiger partial charge < -0.3 is 10.1 Å². The van der Waals surface area contributed by atoms with Gasteiger partial charge in [0.1, 0.15) is 17.7 Å². The molecule has 1 aromatic rings. The first kappa shape index (κ1) is 9.46. The number of nitrogens with one attached hydrogen (secondary N) is 1. The Bertz CT molecular complexity index is 340. The monoisotopic (exact) mass is 195 g/mol. The summed E-state index contributed by atoms with van der Waals surface area (Å²) >= 11 is 0. The second-order valence-electron chi connectivity index (χ2n) is 3.65. The number of halogens is 1. The highest BCUT2D eigenvalue weighted by molar-refractivity contribution is 5.38. The van der Waals surface area contributed by atoms with E-state index in [9.17, 15) is 4.39 Å². The van der Waals surface area contributed by atoms with Crippen molar-refractivity contribution >= 4 is 0 Å². The molecule has 1 N–H and O–H groups in total. The summed E-state index contributed by atoms with van der Waals surface area (Å²) in [5.74, 6) is 0.533. The van der Waals surface area contributed by atoms with E-state index in [1.54, 1.807) is 6.07 Å². The van der Waals surface area contributed by atoms with Gasteiger partial charge in [-0.2, -0.15) is 0 Å². The lowest BCUT2D eigenvalue weighted by atomic mass is 10.1. The van der Waals surface area contributed by atoms with Crippen molar-refractivity contribution in [1.29, 1.82) is 0 Å². The van der Waals surface area contributed by atoms with Gasteiger partial charge in [0.15, 0.2) is 0 Å². The molecule has 1 aliphatic heterocycles. The maximum atomic E-state index is 13.3. The highest BCUT2D eigenvalue weighted by Crippen LogP contribution is 2.31. The molecule has 2 unspecified atom stereocenters. The fourth-order valence-corrected chi connectivity index (χ4v) is 1.72. The summed E-state index contributed by atoms with van der Waals surface area (Å²) in [6, 6.07) is 5.22. The van der Waals surface area contributed by atoms with Gasteiger partial charge in [-0.3, -0.25) is 0 Å². The number of benzene rings is 1. The van der Waals surface area contributed by atoms with E-state index >= 15 is 0 Å². The van der Waals surface area contributed by atoms with Crippen LogP contribution in [0.1, 0.15) is 12.5 Å². The number of rotatable bonds is 2. The first-order valence-corrected chi connectivity index (χ1v) is 4.83. The maximum Gasteiger partial charge on any atom is 0.130 e. The highest BCUT2D eigenvalue weighted by atomic mass is 19.1. The minimum Gasteiger partial charge on any atom is -0.488 e. The molecule has 0 aromatic heterocycles. The lowest BCUT2D eigenvalue weighted by Gasteiger charge is -2.17. The molecular weight excluding hydrogens is 181 g/mol. The number of ether oxygens (including phenoxy) is 1. The number of fused-ring (bicyclic) bond motifs is 1. The summed E-state index contributed by atoms with van der Waals surface area (Å²) in [4.78, 5) is 0. The Morgan fingerprint density at radius 3 is 3.00 bits per heavy atom. The molecule has 0 radical (unpaired) electrons. The van der Waals surface area contributed by atoms with Gasteiger partial charge in [-0.1, -0.05) is 6.07 Å². The molecule has 2 atom stereocenters. The SMILES string of the molecule is CNC(C)C1Cc2c(F)cccc2O1. The lowest BCUT2D eigenvalue weighted by Crippen LogP contribution is -2.37. The number of hydrogen-bond acceptors (Lipinski definition) is 2. The molecule has 2 nitrogen and oxygen atoms in total. The summed E-state index contributed by atoms with van der Waals surface area (Å²) in [7, 11) is 1.88. The minimum atomic E-state index is -0.159. The zero-order valence-corrected chi connectivity index (χ0v) is 8.38. The van der Waals surface area contributed by atoms with Gasteiger partial charge in [0, 0.05) is 18.0 Å². The first-order chi connectivity index (χ1) is 6.72. The van der Waals surface area contributed by atoms with E-state index in [4.69, 9.17) is 4.74 Å². The number of likely N-dealkylation sites (N-methyl/N-ethyl adjacent to an activating group) is 1. The minimum absolute atomic E-state index is 0.0481. The van der Waals surface area contributed by atoms with E-state index in [1.165, 1.54) is 6.07 Å². The van der Waals surface area contributed by atoms with Crippen molar-refractivity contribution in [2.24, 2.45) is 0 Å². The van der Waals surface area contributed by atoms with Crippen LogP contribution in [-0.2, 0) is 6.42 Å². The van der Waals surface area contributed by atoms with Crippen LogP contribution in [0, 0.1) is 5.82 Å². The molecule has 0 aliphatic carbocycles. The third-order valence-corrected chi connectivity index (χ3v) is 2.77. The third kappa shape index (κ3) is 1.48. The predicted molar refractivity (Wildman–Crippen MR) is 53.0 cm³/mol. The molecule has 0 amide bonds. The van der Waals surface area contributed by atoms with E-state index in [0.29, 0.717) is 17.7 Å². The Morgan fingerprint density at radius 1 is 1.57 bits per heavy atom. The quantitative estimate of drug-likeness (QED) is 0.776. The topological polar surface area (TPSA) is 21.3 Å². The van der Waals surface area contributed by atoms with Gasteiger partial charge in [-0.15, -0.1) is 0 Å². The fraction of sp³-hybridized carbons (Fsp3) is 0.455. The summed E-state index contributed by atoms with van der Waals surface area (Å²) in [5, 5.41) is 3.11. The molecule has 0 bridgehead atoms. The molecule has 0 saturated carbocycles. The van der Waals surface area contributed by atoms with Crippen LogP contribution in [0.15, 0.2) is 18.2 Å². The van der Waals surface area contributed by atoms with Gasteiger partial charge in [0.25, 0.3) is 0 Å². The standard InChI is InChI=1S/C11H14FNO/c1-7(13-2)11-6-8-9(12)4-3-5-10(8)14-11/h3-5,7,11,13H,6H2,1-2H3. The highest BCUT2D eigenvalue weighted by Gasteiger charge is 2.28. The normalized spacial score (nSPS) is 21.5. The van der Waals surface area contributed by atoms with Crippen LogP contribution >= 0.6 is 0 Å². The van der Waals surface area contributed by atoms with E-state index in [2.05, 4.69) is 5.32 Å². The van der Waals surface area contributed by atoms with Gasteiger partial charge in [-0.25, -0.2) is 4.39 Å². The smallest absolute Gasteiger partial charge is 0.130 e. The molecule has 0 spiro atoms. The Morgan fingerprint density at radius 2 is 2.36 bits per heavy atom. The number of hydrogen-bond donors (Lipinski definition) is 1. The molecule has 3 heteroatoms. The average molecular weight is 195 g/mol. The van der Waals surface area contributed by atoms with E-state index < -0.39 is 0 Å². The van der Waals surface area contributed by atoms with E-state index in [-0.39, 0.29) is 18.0 Å². The van der Waals surface area contributed by atoms with Crippen LogP contribution in [0.2, 0.25) is 0 Å². The van der Waals surface area contributed by atoms with Crippen molar-refractivity contribution in [3.05, 3.63) is 29.6 Å². The van der Waals surface area contributed by atoms with Crippen LogP contribution in [0.25, 0.3) is 0 Å². The third-order valence-electron chi connectivity index (χ3n) is 2.77. The van der Waals surface area contributed by atoms with Gasteiger partial charge in [-0.05, 0) is 26.1 Å². The van der Waals surface area contributed by atoms with Crippen molar-refractivity contribution in [3.8, 4) is 5.75 Å². The van der Waals surface area contributed by atoms with Crippen molar-refractivity contribution < 1.29 is 9.13 Å². The van der Waals surface area contributed by atoms with Crippen LogP contribution < -0.4 is 10.1 Å². The fourth-order valence-electron chi connectivity index (χ4n) is 1.72. The summed E-state index contributed by atoms with van der Waals surface area (Å²) < 4.78 is 19.0. The van der Waals surface area contributed by atoms with Crippen LogP contribution in [0.3, 0.4) is 0 Å². The predicted octanol–water partition coefficient (Wildman–Crippen LogP) is 1.74. The second-order valence-corrected chi connectivity index (χ2v) is 3.65. The average Bonchev–Trinajstić information content (AvgIpc) is 2.62. The van der Waals surface area contributed by atoms with Gasteiger partial charge in [0.2, 0.25) is 0 Å².